The Morgan fingerprint density at radius 3 is 2.58 bits per heavy atom. The minimum absolute atomic E-state index is 0. The topological polar surface area (TPSA) is 89.6 Å². The molecule has 3 rings (SSSR count). The summed E-state index contributed by atoms with van der Waals surface area (Å²) in [5.74, 6) is 0.0412. The fourth-order valence-corrected chi connectivity index (χ4v) is 3.51. The molecular formula is C17H19Cl4N5. The number of aromatic nitrogens is 1. The van der Waals surface area contributed by atoms with E-state index in [1.165, 1.54) is 0 Å². The Morgan fingerprint density at radius 1 is 1.15 bits per heavy atom. The van der Waals surface area contributed by atoms with E-state index in [0.717, 1.165) is 34.5 Å². The van der Waals surface area contributed by atoms with Crippen LogP contribution in [0.1, 0.15) is 34.7 Å². The van der Waals surface area contributed by atoms with Crippen LogP contribution in [0.4, 0.5) is 0 Å². The third kappa shape index (κ3) is 4.80. The summed E-state index contributed by atoms with van der Waals surface area (Å²) in [5, 5.41) is 9.42. The Kier molecular flexibility index (Phi) is 8.15. The second kappa shape index (κ2) is 9.42. The van der Waals surface area contributed by atoms with Gasteiger partial charge in [0.1, 0.15) is 0 Å². The minimum atomic E-state index is -0.0755. The van der Waals surface area contributed by atoms with Crippen LogP contribution in [0.15, 0.2) is 40.7 Å². The van der Waals surface area contributed by atoms with Gasteiger partial charge in [-0.15, -0.1) is 29.9 Å². The molecule has 0 fully saturated rings. The lowest BCUT2D eigenvalue weighted by Gasteiger charge is -2.27. The van der Waals surface area contributed by atoms with E-state index in [4.69, 9.17) is 34.7 Å². The zero-order valence-electron chi connectivity index (χ0n) is 13.9. The van der Waals surface area contributed by atoms with Crippen molar-refractivity contribution in [3.63, 3.8) is 0 Å². The fraction of sp³-hybridized carbons (Fsp3) is 0.235. The molecule has 0 spiro atoms. The van der Waals surface area contributed by atoms with Crippen molar-refractivity contribution in [1.29, 1.82) is 0 Å². The van der Waals surface area contributed by atoms with E-state index in [-0.39, 0.29) is 36.7 Å². The lowest BCUT2D eigenvalue weighted by Crippen LogP contribution is -2.24. The molecule has 1 heterocycles. The van der Waals surface area contributed by atoms with Crippen molar-refractivity contribution < 1.29 is 0 Å². The van der Waals surface area contributed by atoms with Crippen LogP contribution in [0.3, 0.4) is 0 Å². The summed E-state index contributed by atoms with van der Waals surface area (Å²) < 4.78 is 0. The first-order valence-corrected chi connectivity index (χ1v) is 8.26. The first-order chi connectivity index (χ1) is 11.5. The molecule has 0 saturated heterocycles. The van der Waals surface area contributed by atoms with Gasteiger partial charge >= 0.3 is 0 Å². The molecule has 0 saturated carbocycles. The molecule has 1 aromatic carbocycles. The van der Waals surface area contributed by atoms with Crippen LogP contribution in [0.5, 0.6) is 0 Å². The number of halogens is 4. The number of hydrogen-bond acceptors (Lipinski definition) is 3. The number of rotatable bonds is 2. The molecule has 1 atom stereocenters. The van der Waals surface area contributed by atoms with Crippen LogP contribution in [0.2, 0.25) is 10.0 Å². The average molecular weight is 435 g/mol. The van der Waals surface area contributed by atoms with Crippen molar-refractivity contribution >= 4 is 59.7 Å². The predicted molar refractivity (Wildman–Crippen MR) is 113 cm³/mol. The van der Waals surface area contributed by atoms with Crippen molar-refractivity contribution in [2.75, 3.05) is 0 Å². The molecule has 140 valence electrons. The van der Waals surface area contributed by atoms with Crippen LogP contribution >= 0.6 is 48.0 Å². The average Bonchev–Trinajstić information content (AvgIpc) is 2.54. The highest BCUT2D eigenvalue weighted by atomic mass is 35.5. The molecule has 5 nitrogen and oxygen atoms in total. The quantitative estimate of drug-likeness (QED) is 0.420. The summed E-state index contributed by atoms with van der Waals surface area (Å²) in [7, 11) is 0. The number of nitrogens with zero attached hydrogens (tertiary/aromatic N) is 3. The monoisotopic (exact) mass is 433 g/mol. The number of nitrogens with two attached hydrogens (primary N) is 2. The summed E-state index contributed by atoms with van der Waals surface area (Å²) in [6.07, 6.45) is 3.22. The molecule has 0 radical (unpaired) electrons. The van der Waals surface area contributed by atoms with Crippen LogP contribution < -0.4 is 11.5 Å². The molecule has 4 N–H and O–H groups in total. The molecule has 26 heavy (non-hydrogen) atoms. The maximum atomic E-state index is 6.38. The number of guanidine groups is 1. The predicted octanol–water partition coefficient (Wildman–Crippen LogP) is 4.25. The standard InChI is InChI=1S/C17H17Cl2N5.2ClH/c1-9-4-5-22-14-6-10(12-8-11(18)2-3-13(12)19)7-15(16(9)14)23-24-17(20)21;;/h2-5,8,10H,6-7H2,1H3,(H4,20,21,24);2*1H/b23-15+;;. The molecule has 0 aliphatic heterocycles. The highest BCUT2D eigenvalue weighted by Crippen LogP contribution is 2.37. The number of benzene rings is 1. The molecule has 9 heteroatoms. The van der Waals surface area contributed by atoms with Gasteiger partial charge in [0.05, 0.1) is 11.4 Å². The van der Waals surface area contributed by atoms with Gasteiger partial charge in [-0.2, -0.15) is 5.10 Å². The summed E-state index contributed by atoms with van der Waals surface area (Å²) in [6.45, 7) is 2.03. The third-order valence-corrected chi connectivity index (χ3v) is 4.67. The van der Waals surface area contributed by atoms with Gasteiger partial charge in [0, 0.05) is 21.8 Å². The van der Waals surface area contributed by atoms with Crippen molar-refractivity contribution in [1.82, 2.24) is 4.98 Å². The van der Waals surface area contributed by atoms with Gasteiger partial charge in [-0.3, -0.25) is 4.98 Å². The summed E-state index contributed by atoms with van der Waals surface area (Å²) >= 11 is 12.5. The highest BCUT2D eigenvalue weighted by molar-refractivity contribution is 6.33. The number of fused-ring (bicyclic) bond motifs is 1. The van der Waals surface area contributed by atoms with Gasteiger partial charge in [0.25, 0.3) is 0 Å². The highest BCUT2D eigenvalue weighted by Gasteiger charge is 2.28. The van der Waals surface area contributed by atoms with Gasteiger partial charge in [-0.05, 0) is 61.1 Å². The Morgan fingerprint density at radius 2 is 1.88 bits per heavy atom. The van der Waals surface area contributed by atoms with Gasteiger partial charge in [-0.25, -0.2) is 0 Å². The Hall–Kier alpha value is -1.53. The Balaban J connectivity index is 0.00000169. The van der Waals surface area contributed by atoms with Gasteiger partial charge < -0.3 is 11.5 Å². The largest absolute Gasteiger partial charge is 0.369 e. The molecule has 1 aromatic heterocycles. The van der Waals surface area contributed by atoms with Crippen molar-refractivity contribution in [2.24, 2.45) is 21.7 Å². The van der Waals surface area contributed by atoms with E-state index >= 15 is 0 Å². The Labute approximate surface area is 174 Å². The number of aryl methyl sites for hydroxylation is 1. The summed E-state index contributed by atoms with van der Waals surface area (Å²) in [5.41, 5.74) is 15.7. The molecule has 1 aliphatic rings. The second-order valence-corrected chi connectivity index (χ2v) is 6.64. The maximum absolute atomic E-state index is 6.38. The molecule has 0 amide bonds. The first-order valence-electron chi connectivity index (χ1n) is 7.51. The zero-order chi connectivity index (χ0) is 17.3. The van der Waals surface area contributed by atoms with E-state index in [0.29, 0.717) is 16.5 Å². The van der Waals surface area contributed by atoms with Gasteiger partial charge in [-0.1, -0.05) is 23.2 Å². The lowest BCUT2D eigenvalue weighted by molar-refractivity contribution is 0.677. The van der Waals surface area contributed by atoms with E-state index in [9.17, 15) is 0 Å². The smallest absolute Gasteiger partial charge is 0.211 e. The van der Waals surface area contributed by atoms with E-state index in [1.54, 1.807) is 12.3 Å². The Bertz CT molecular complexity index is 847. The number of pyridine rings is 1. The van der Waals surface area contributed by atoms with Crippen LogP contribution in [-0.4, -0.2) is 16.7 Å². The van der Waals surface area contributed by atoms with Crippen molar-refractivity contribution in [3.8, 4) is 0 Å². The normalized spacial score (nSPS) is 16.9. The SMILES string of the molecule is Cc1ccnc2c1/C(=N/N=C(N)N)CC(c1cc(Cl)ccc1Cl)C2.Cl.Cl. The van der Waals surface area contributed by atoms with Gasteiger partial charge in [0.2, 0.25) is 5.96 Å². The third-order valence-electron chi connectivity index (χ3n) is 4.09. The number of hydrogen-bond donors (Lipinski definition) is 2. The lowest BCUT2D eigenvalue weighted by atomic mass is 9.80. The van der Waals surface area contributed by atoms with Crippen LogP contribution in [0, 0.1) is 6.92 Å². The minimum Gasteiger partial charge on any atom is -0.369 e. The van der Waals surface area contributed by atoms with E-state index in [1.807, 2.05) is 25.1 Å². The maximum Gasteiger partial charge on any atom is 0.211 e. The van der Waals surface area contributed by atoms with Crippen molar-refractivity contribution in [2.45, 2.75) is 25.7 Å². The van der Waals surface area contributed by atoms with E-state index < -0.39 is 0 Å². The van der Waals surface area contributed by atoms with Gasteiger partial charge in [0.15, 0.2) is 0 Å². The van der Waals surface area contributed by atoms with Crippen LogP contribution in [-0.2, 0) is 6.42 Å². The molecule has 0 bridgehead atoms. The first kappa shape index (κ1) is 22.5. The summed E-state index contributed by atoms with van der Waals surface area (Å²) in [6, 6.07) is 7.44. The second-order valence-electron chi connectivity index (χ2n) is 5.79. The summed E-state index contributed by atoms with van der Waals surface area (Å²) in [4.78, 5) is 4.52. The zero-order valence-corrected chi connectivity index (χ0v) is 17.1. The van der Waals surface area contributed by atoms with E-state index in [2.05, 4.69) is 15.2 Å². The molecule has 1 aliphatic carbocycles. The fourth-order valence-electron chi connectivity index (χ4n) is 3.06. The van der Waals surface area contributed by atoms with Crippen LogP contribution in [0.25, 0.3) is 0 Å². The molecule has 1 unspecified atom stereocenters. The van der Waals surface area contributed by atoms with Crippen molar-refractivity contribution in [3.05, 3.63) is 62.9 Å². The molecular weight excluding hydrogens is 416 g/mol. The molecule has 2 aromatic rings.